The van der Waals surface area contributed by atoms with Gasteiger partial charge in [0.15, 0.2) is 0 Å². The molecule has 0 bridgehead atoms. The van der Waals surface area contributed by atoms with Crippen LogP contribution in [-0.2, 0) is 0 Å². The Labute approximate surface area is 83.7 Å². The van der Waals surface area contributed by atoms with Crippen molar-refractivity contribution in [1.82, 2.24) is 4.98 Å². The molecule has 0 fully saturated rings. The predicted molar refractivity (Wildman–Crippen MR) is 54.0 cm³/mol. The summed E-state index contributed by atoms with van der Waals surface area (Å²) >= 11 is 0. The lowest BCUT2D eigenvalue weighted by atomic mass is 10.2. The molecule has 0 aliphatic carbocycles. The second-order valence-electron chi connectivity index (χ2n) is 3.33. The van der Waals surface area contributed by atoms with Gasteiger partial charge in [-0.25, -0.2) is 0 Å². The van der Waals surface area contributed by atoms with Gasteiger partial charge in [-0.05, 0) is 19.9 Å². The summed E-state index contributed by atoms with van der Waals surface area (Å²) in [5.74, 6) is 0.706. The minimum Gasteiger partial charge on any atom is -0.491 e. The number of aliphatic hydroxyl groups is 1. The predicted octanol–water partition coefficient (Wildman–Crippen LogP) is 0.861. The molecule has 1 rings (SSSR count). The Morgan fingerprint density at radius 2 is 2.29 bits per heavy atom. The summed E-state index contributed by atoms with van der Waals surface area (Å²) in [6.45, 7) is 4.05. The molecule has 78 valence electrons. The molecular formula is C10H16N2O2. The number of rotatable bonds is 4. The van der Waals surface area contributed by atoms with E-state index in [0.717, 1.165) is 0 Å². The lowest BCUT2D eigenvalue weighted by Crippen LogP contribution is -2.13. The monoisotopic (exact) mass is 196 g/mol. The molecule has 0 spiro atoms. The van der Waals surface area contributed by atoms with Crippen molar-refractivity contribution in [1.29, 1.82) is 0 Å². The Bertz CT molecular complexity index is 289. The van der Waals surface area contributed by atoms with Gasteiger partial charge in [0.25, 0.3) is 0 Å². The van der Waals surface area contributed by atoms with Crippen molar-refractivity contribution in [2.24, 2.45) is 5.73 Å². The molecule has 0 aliphatic rings. The molecule has 0 aliphatic heterocycles. The van der Waals surface area contributed by atoms with Gasteiger partial charge in [0.2, 0.25) is 0 Å². The average Bonchev–Trinajstić information content (AvgIpc) is 2.16. The van der Waals surface area contributed by atoms with Crippen LogP contribution in [0.1, 0.15) is 25.6 Å². The van der Waals surface area contributed by atoms with Crippen LogP contribution in [0.25, 0.3) is 0 Å². The standard InChI is InChI=1S/C10H16N2O2/c1-7(2)14-8-3-4-12-9(5-8)10(13)6-11/h3-5,7,10,13H,6,11H2,1-2H3. The van der Waals surface area contributed by atoms with Gasteiger partial charge >= 0.3 is 0 Å². The highest BCUT2D eigenvalue weighted by Gasteiger charge is 2.07. The van der Waals surface area contributed by atoms with Crippen LogP contribution in [0.3, 0.4) is 0 Å². The third-order valence-corrected chi connectivity index (χ3v) is 1.69. The van der Waals surface area contributed by atoms with Gasteiger partial charge in [-0.3, -0.25) is 4.98 Å². The fourth-order valence-electron chi connectivity index (χ4n) is 1.08. The number of nitrogens with two attached hydrogens (primary N) is 1. The largest absolute Gasteiger partial charge is 0.491 e. The molecule has 1 aromatic rings. The molecule has 3 N–H and O–H groups in total. The molecule has 1 atom stereocenters. The second-order valence-corrected chi connectivity index (χ2v) is 3.33. The lowest BCUT2D eigenvalue weighted by molar-refractivity contribution is 0.180. The highest BCUT2D eigenvalue weighted by molar-refractivity contribution is 5.24. The molecular weight excluding hydrogens is 180 g/mol. The minimum absolute atomic E-state index is 0.111. The molecule has 1 heterocycles. The number of aliphatic hydroxyl groups excluding tert-OH is 1. The SMILES string of the molecule is CC(C)Oc1ccnc(C(O)CN)c1. The van der Waals surface area contributed by atoms with Gasteiger partial charge in [-0.1, -0.05) is 0 Å². The van der Waals surface area contributed by atoms with E-state index < -0.39 is 6.10 Å². The Hall–Kier alpha value is -1.13. The Morgan fingerprint density at radius 1 is 1.57 bits per heavy atom. The normalized spacial score (nSPS) is 12.9. The van der Waals surface area contributed by atoms with Gasteiger partial charge in [-0.2, -0.15) is 0 Å². The van der Waals surface area contributed by atoms with E-state index in [1.54, 1.807) is 18.3 Å². The molecule has 0 saturated carbocycles. The number of aromatic nitrogens is 1. The number of ether oxygens (including phenoxy) is 1. The summed E-state index contributed by atoms with van der Waals surface area (Å²) in [6, 6.07) is 3.46. The van der Waals surface area contributed by atoms with Crippen LogP contribution in [0.2, 0.25) is 0 Å². The van der Waals surface area contributed by atoms with Crippen LogP contribution >= 0.6 is 0 Å². The maximum Gasteiger partial charge on any atom is 0.123 e. The second kappa shape index (κ2) is 4.93. The van der Waals surface area contributed by atoms with Crippen LogP contribution in [0.4, 0.5) is 0 Å². The lowest BCUT2D eigenvalue weighted by Gasteiger charge is -2.12. The van der Waals surface area contributed by atoms with E-state index in [0.29, 0.717) is 11.4 Å². The van der Waals surface area contributed by atoms with Crippen LogP contribution in [0.5, 0.6) is 5.75 Å². The zero-order chi connectivity index (χ0) is 10.6. The topological polar surface area (TPSA) is 68.4 Å². The summed E-state index contributed by atoms with van der Waals surface area (Å²) in [5, 5.41) is 9.44. The third-order valence-electron chi connectivity index (χ3n) is 1.69. The first kappa shape index (κ1) is 10.9. The summed E-state index contributed by atoms with van der Waals surface area (Å²) in [5.41, 5.74) is 5.87. The molecule has 0 aromatic carbocycles. The summed E-state index contributed by atoms with van der Waals surface area (Å²) in [4.78, 5) is 4.01. The van der Waals surface area contributed by atoms with Crippen LogP contribution in [0.15, 0.2) is 18.3 Å². The van der Waals surface area contributed by atoms with E-state index in [4.69, 9.17) is 10.5 Å². The maximum absolute atomic E-state index is 9.44. The van der Waals surface area contributed by atoms with Crippen LogP contribution in [0, 0.1) is 0 Å². The van der Waals surface area contributed by atoms with Gasteiger partial charge in [0.1, 0.15) is 11.9 Å². The van der Waals surface area contributed by atoms with E-state index in [1.807, 2.05) is 13.8 Å². The highest BCUT2D eigenvalue weighted by Crippen LogP contribution is 2.16. The molecule has 14 heavy (non-hydrogen) atoms. The number of hydrogen-bond acceptors (Lipinski definition) is 4. The maximum atomic E-state index is 9.44. The zero-order valence-electron chi connectivity index (χ0n) is 8.47. The van der Waals surface area contributed by atoms with Crippen molar-refractivity contribution in [3.8, 4) is 5.75 Å². The van der Waals surface area contributed by atoms with E-state index >= 15 is 0 Å². The van der Waals surface area contributed by atoms with Crippen molar-refractivity contribution >= 4 is 0 Å². The quantitative estimate of drug-likeness (QED) is 0.749. The van der Waals surface area contributed by atoms with Gasteiger partial charge < -0.3 is 15.6 Å². The van der Waals surface area contributed by atoms with Crippen molar-refractivity contribution < 1.29 is 9.84 Å². The van der Waals surface area contributed by atoms with Crippen molar-refractivity contribution in [2.45, 2.75) is 26.1 Å². The zero-order valence-corrected chi connectivity index (χ0v) is 8.47. The first-order valence-electron chi connectivity index (χ1n) is 4.64. The molecule has 0 saturated heterocycles. The van der Waals surface area contributed by atoms with Gasteiger partial charge in [0.05, 0.1) is 11.8 Å². The van der Waals surface area contributed by atoms with Crippen LogP contribution in [-0.4, -0.2) is 22.7 Å². The van der Waals surface area contributed by atoms with Gasteiger partial charge in [0, 0.05) is 18.8 Å². The smallest absolute Gasteiger partial charge is 0.123 e. The summed E-state index contributed by atoms with van der Waals surface area (Å²) in [6.07, 6.45) is 0.998. The van der Waals surface area contributed by atoms with Crippen molar-refractivity contribution in [3.05, 3.63) is 24.0 Å². The highest BCUT2D eigenvalue weighted by atomic mass is 16.5. The third kappa shape index (κ3) is 2.97. The molecule has 0 radical (unpaired) electrons. The Morgan fingerprint density at radius 3 is 2.86 bits per heavy atom. The molecule has 1 aromatic heterocycles. The summed E-state index contributed by atoms with van der Waals surface area (Å²) in [7, 11) is 0. The number of nitrogens with zero attached hydrogens (tertiary/aromatic N) is 1. The first-order chi connectivity index (χ1) is 6.63. The molecule has 0 amide bonds. The average molecular weight is 196 g/mol. The minimum atomic E-state index is -0.717. The van der Waals surface area contributed by atoms with E-state index in [2.05, 4.69) is 4.98 Å². The van der Waals surface area contributed by atoms with Crippen molar-refractivity contribution in [3.63, 3.8) is 0 Å². The Kier molecular flexibility index (Phi) is 3.85. The fraction of sp³-hybridized carbons (Fsp3) is 0.500. The Balaban J connectivity index is 2.78. The summed E-state index contributed by atoms with van der Waals surface area (Å²) < 4.78 is 5.46. The number of hydrogen-bond donors (Lipinski definition) is 2. The van der Waals surface area contributed by atoms with Gasteiger partial charge in [-0.15, -0.1) is 0 Å². The first-order valence-corrected chi connectivity index (χ1v) is 4.64. The fourth-order valence-corrected chi connectivity index (χ4v) is 1.08. The number of pyridine rings is 1. The van der Waals surface area contributed by atoms with E-state index in [1.165, 1.54) is 0 Å². The molecule has 4 heteroatoms. The van der Waals surface area contributed by atoms with E-state index in [9.17, 15) is 5.11 Å². The van der Waals surface area contributed by atoms with E-state index in [-0.39, 0.29) is 12.6 Å². The van der Waals surface area contributed by atoms with Crippen LogP contribution < -0.4 is 10.5 Å². The molecule has 1 unspecified atom stereocenters. The van der Waals surface area contributed by atoms with Crippen molar-refractivity contribution in [2.75, 3.05) is 6.54 Å². The molecule has 4 nitrogen and oxygen atoms in total.